The second-order valence-electron chi connectivity index (χ2n) is 36.8. The molecule has 0 aromatic carbocycles. The predicted octanol–water partition coefficient (Wildman–Crippen LogP) is 18.3. The van der Waals surface area contributed by atoms with Crippen molar-refractivity contribution < 1.29 is 0 Å². The molecule has 15 atom stereocenters. The first-order valence-corrected chi connectivity index (χ1v) is 36.5. The monoisotopic (exact) mass is 997 g/mol. The van der Waals surface area contributed by atoms with Crippen molar-refractivity contribution in [3.8, 4) is 0 Å². The first-order valence-electron chi connectivity index (χ1n) is 36.5. The molecule has 0 amide bonds. The minimum absolute atomic E-state index is 0.906. The van der Waals surface area contributed by atoms with E-state index in [1.807, 2.05) is 0 Å². The smallest absolute Gasteiger partial charge is 0.0266 e. The van der Waals surface area contributed by atoms with E-state index in [0.29, 0.717) is 0 Å². The van der Waals surface area contributed by atoms with Crippen molar-refractivity contribution in [1.29, 1.82) is 0 Å². The molecule has 33 fully saturated rings. The van der Waals surface area contributed by atoms with Crippen molar-refractivity contribution in [2.45, 2.75) is 225 Å². The number of hydrogen-bond donors (Lipinski definition) is 0. The summed E-state index contributed by atoms with van der Waals surface area (Å²) in [5.41, 5.74) is 0.906. The summed E-state index contributed by atoms with van der Waals surface area (Å²) >= 11 is 0. The summed E-state index contributed by atoms with van der Waals surface area (Å²) in [6.07, 6.45) is 56.1. The molecule has 33 aliphatic carbocycles. The van der Waals surface area contributed by atoms with Gasteiger partial charge in [-0.15, -0.1) is 0 Å². The van der Waals surface area contributed by atoms with Crippen LogP contribution in [-0.2, 0) is 0 Å². The van der Waals surface area contributed by atoms with Crippen LogP contribution in [0, 0.1) is 230 Å². The molecule has 1 spiro atoms. The fourth-order valence-corrected chi connectivity index (χ4v) is 33.6. The van der Waals surface area contributed by atoms with Crippen LogP contribution in [0.4, 0.5) is 0 Å². The lowest BCUT2D eigenvalue weighted by atomic mass is 9.01. The molecule has 0 aliphatic heterocycles. The maximum atomic E-state index is 1.68. The molecule has 74 heavy (non-hydrogen) atoms. The minimum Gasteiger partial charge on any atom is -0.0530 e. The molecule has 0 saturated heterocycles. The summed E-state index contributed by atoms with van der Waals surface area (Å²) in [5.74, 6) is 47.5. The number of hydrogen-bond acceptors (Lipinski definition) is 0. The van der Waals surface area contributed by atoms with E-state index < -0.39 is 0 Å². The van der Waals surface area contributed by atoms with E-state index >= 15 is 0 Å². The highest BCUT2D eigenvalue weighted by Gasteiger charge is 2.97. The Morgan fingerprint density at radius 1 is 0.189 bits per heavy atom. The van der Waals surface area contributed by atoms with E-state index in [4.69, 9.17) is 0 Å². The van der Waals surface area contributed by atoms with E-state index in [0.717, 1.165) is 11.3 Å². The predicted molar refractivity (Wildman–Crippen MR) is 297 cm³/mol. The highest BCUT2D eigenvalue weighted by molar-refractivity contribution is 5.44. The van der Waals surface area contributed by atoms with Crippen LogP contribution < -0.4 is 0 Å². The van der Waals surface area contributed by atoms with E-state index in [-0.39, 0.29) is 0 Å². The molecule has 0 heterocycles. The molecule has 33 aliphatic rings. The van der Waals surface area contributed by atoms with Crippen LogP contribution in [-0.4, -0.2) is 0 Å². The number of fused-ring (bicyclic) bond motifs is 5. The van der Waals surface area contributed by atoms with Gasteiger partial charge in [-0.1, -0.05) is 44.9 Å². The molecule has 0 N–H and O–H groups in total. The molecule has 33 saturated carbocycles. The molecular formula is C74H108. The summed E-state index contributed by atoms with van der Waals surface area (Å²) in [6.45, 7) is 0. The van der Waals surface area contributed by atoms with Crippen LogP contribution in [0.1, 0.15) is 225 Å². The average Bonchev–Trinajstić information content (AvgIpc) is 3.25. The molecule has 404 valence electrons. The van der Waals surface area contributed by atoms with Gasteiger partial charge in [-0.2, -0.15) is 0 Å². The maximum absolute atomic E-state index is 1.68. The lowest BCUT2D eigenvalue weighted by molar-refractivity contribution is -0.565. The van der Waals surface area contributed by atoms with Crippen LogP contribution >= 0.6 is 0 Å². The van der Waals surface area contributed by atoms with Crippen LogP contribution in [0.25, 0.3) is 0 Å². The van der Waals surface area contributed by atoms with Gasteiger partial charge in [0.25, 0.3) is 0 Å². The minimum atomic E-state index is 0.906. The summed E-state index contributed by atoms with van der Waals surface area (Å²) in [4.78, 5) is 0. The van der Waals surface area contributed by atoms with Crippen LogP contribution in [0.5, 0.6) is 0 Å². The summed E-state index contributed by atoms with van der Waals surface area (Å²) in [5, 5.41) is 0. The molecule has 0 aromatic heterocycles. The largest absolute Gasteiger partial charge is 0.0530 e. The van der Waals surface area contributed by atoms with Crippen molar-refractivity contribution in [3.63, 3.8) is 0 Å². The van der Waals surface area contributed by atoms with Gasteiger partial charge in [0.15, 0.2) is 0 Å². The van der Waals surface area contributed by atoms with Crippen LogP contribution in [0.3, 0.4) is 0 Å². The molecule has 33 rings (SSSR count). The van der Waals surface area contributed by atoms with Crippen LogP contribution in [0.2, 0.25) is 0 Å². The zero-order valence-electron chi connectivity index (χ0n) is 47.2. The fraction of sp³-hybridized carbons (Fsp3) is 1.00. The van der Waals surface area contributed by atoms with Crippen molar-refractivity contribution in [3.05, 3.63) is 0 Å². The van der Waals surface area contributed by atoms with Gasteiger partial charge in [-0.25, -0.2) is 0 Å². The first-order chi connectivity index (χ1) is 36.5. The molecule has 0 radical (unpaired) electrons. The lowest BCUT2D eigenvalue weighted by Gasteiger charge is -3.03. The highest BCUT2D eigenvalue weighted by Crippen LogP contribution is 3.01. The van der Waals surface area contributed by atoms with Gasteiger partial charge in [-0.05, 0) is 410 Å². The third-order valence-corrected chi connectivity index (χ3v) is 35.3. The highest BCUT2D eigenvalue weighted by atomic mass is 15.0. The quantitative estimate of drug-likeness (QED) is 0.227. The normalized spacial score (nSPS) is 69.4. The van der Waals surface area contributed by atoms with E-state index in [2.05, 4.69) is 0 Å². The summed E-state index contributed by atoms with van der Waals surface area (Å²) < 4.78 is 0. The van der Waals surface area contributed by atoms with Crippen LogP contribution in [0.15, 0.2) is 0 Å². The van der Waals surface area contributed by atoms with Gasteiger partial charge in [0.1, 0.15) is 0 Å². The zero-order chi connectivity index (χ0) is 47.2. The molecule has 0 aromatic rings. The molecule has 0 nitrogen and oxygen atoms in total. The zero-order valence-corrected chi connectivity index (χ0v) is 47.2. The van der Waals surface area contributed by atoms with Gasteiger partial charge < -0.3 is 0 Å². The average molecular weight is 998 g/mol. The summed E-state index contributed by atoms with van der Waals surface area (Å²) in [6, 6.07) is 0. The van der Waals surface area contributed by atoms with Gasteiger partial charge in [-0.3, -0.25) is 0 Å². The Kier molecular flexibility index (Phi) is 9.50. The third kappa shape index (κ3) is 6.05. The van der Waals surface area contributed by atoms with Crippen molar-refractivity contribution in [2.24, 2.45) is 230 Å². The van der Waals surface area contributed by atoms with Crippen molar-refractivity contribution in [1.82, 2.24) is 0 Å². The maximum Gasteiger partial charge on any atom is -0.0266 e. The third-order valence-electron chi connectivity index (χ3n) is 35.3. The van der Waals surface area contributed by atoms with Crippen molar-refractivity contribution >= 4 is 0 Å². The standard InChI is InChI=1S/C11H14.2C11H18.C10H16.C9H14.C8H8.2C7H10/c1-4-5-2-9-8(1)10-6(4)3-7(5)11(9)10;1-3-9-7-10-4-2-6-11(10,5-1)8-9;1-2-4-10-9-5-6-11(10)8(3-1)7-9;1-7-2-9-4-8(1)5-10(3-7)6-9;1-6-2-8-4-7(1)5-9(8)3-6;1-2-5-3(1)7-4(1)6(2)8(5)7;1-4-2-6-5(1)7(6)3-4;1-2-4-6-5(3-1)7(4)6/h4-11H,1-3H2;9-10H,1-8H2;8-11H,1-7H2;7-10H,1-6H2;6-9H,1-5H2;1-8H;2*4-7H,1-3H2. The molecule has 0 heteroatoms. The SMILES string of the molecule is C12C3C4C1C1C2C3C41.C1C2C3CC4C5CC3C1C5C24.C1C2CC3C1C3C2.C1C2CC3CC1CC(C2)C3.C1C2CC3CC1CC3C2.C1CC2C3C(C1)C23.C1CC2CC3CCCC3(C1)C2.C1CCC2C3CCC2C(C1)C3. The topological polar surface area (TPSA) is 0 Å². The Labute approximate surface area is 452 Å². The Morgan fingerprint density at radius 3 is 1.05 bits per heavy atom. The molecule has 15 unspecified atom stereocenters. The first kappa shape index (κ1) is 44.6. The summed E-state index contributed by atoms with van der Waals surface area (Å²) in [7, 11) is 0. The number of rotatable bonds is 0. The fourth-order valence-electron chi connectivity index (χ4n) is 33.6. The second-order valence-corrected chi connectivity index (χ2v) is 36.8. The van der Waals surface area contributed by atoms with Gasteiger partial charge in [0.05, 0.1) is 0 Å². The van der Waals surface area contributed by atoms with Crippen molar-refractivity contribution in [2.75, 3.05) is 0 Å². The molecule has 22 bridgehead atoms. The van der Waals surface area contributed by atoms with Gasteiger partial charge in [0, 0.05) is 0 Å². The Hall–Kier alpha value is 0. The van der Waals surface area contributed by atoms with Gasteiger partial charge in [0.2, 0.25) is 0 Å². The Balaban J connectivity index is 0.0000000623. The van der Waals surface area contributed by atoms with Gasteiger partial charge >= 0.3 is 0 Å². The van der Waals surface area contributed by atoms with E-state index in [1.165, 1.54) is 219 Å². The molecular weight excluding hydrogens is 889 g/mol. The lowest BCUT2D eigenvalue weighted by Crippen LogP contribution is -3.00. The second kappa shape index (κ2) is 15.8. The Morgan fingerprint density at radius 2 is 0.581 bits per heavy atom. The Bertz CT molecular complexity index is 1930. The van der Waals surface area contributed by atoms with E-state index in [9.17, 15) is 0 Å². The van der Waals surface area contributed by atoms with E-state index in [1.54, 1.807) is 225 Å².